The maximum Gasteiger partial charge on any atom is 0.263 e. The van der Waals surface area contributed by atoms with Gasteiger partial charge in [-0.05, 0) is 42.5 Å². The second kappa shape index (κ2) is 5.07. The number of nitrogen functional groups attached to an aromatic ring is 1. The Labute approximate surface area is 115 Å². The van der Waals surface area contributed by atoms with Crippen LogP contribution < -0.4 is 10.5 Å². The van der Waals surface area contributed by atoms with Crippen molar-refractivity contribution in [3.8, 4) is 0 Å². The fraction of sp³-hybridized carbons (Fsp3) is 0. The van der Waals surface area contributed by atoms with Gasteiger partial charge in [0, 0.05) is 10.7 Å². The van der Waals surface area contributed by atoms with Gasteiger partial charge in [-0.1, -0.05) is 11.6 Å². The summed E-state index contributed by atoms with van der Waals surface area (Å²) in [6, 6.07) is 9.08. The Hall–Kier alpha value is -1.79. The van der Waals surface area contributed by atoms with Crippen molar-refractivity contribution >= 4 is 33.0 Å². The van der Waals surface area contributed by atoms with Crippen LogP contribution in [0.15, 0.2) is 47.4 Å². The molecule has 0 bridgehead atoms. The van der Waals surface area contributed by atoms with E-state index in [2.05, 4.69) is 4.72 Å². The van der Waals surface area contributed by atoms with E-state index in [0.717, 1.165) is 12.1 Å². The molecular weight excluding hydrogens is 291 g/mol. The summed E-state index contributed by atoms with van der Waals surface area (Å²) in [7, 11) is -3.86. The first-order valence-electron chi connectivity index (χ1n) is 5.22. The minimum absolute atomic E-state index is 0.0824. The molecule has 0 aliphatic heterocycles. The van der Waals surface area contributed by atoms with Crippen LogP contribution in [-0.4, -0.2) is 8.42 Å². The predicted octanol–water partition coefficient (Wildman–Crippen LogP) is 2.86. The summed E-state index contributed by atoms with van der Waals surface area (Å²) in [5.41, 5.74) is 5.93. The van der Waals surface area contributed by atoms with E-state index in [1.165, 1.54) is 30.3 Å². The van der Waals surface area contributed by atoms with Gasteiger partial charge in [0.2, 0.25) is 0 Å². The van der Waals surface area contributed by atoms with Crippen LogP contribution >= 0.6 is 11.6 Å². The van der Waals surface area contributed by atoms with Crippen LogP contribution in [0.5, 0.6) is 0 Å². The van der Waals surface area contributed by atoms with Crippen LogP contribution in [0.1, 0.15) is 0 Å². The molecule has 19 heavy (non-hydrogen) atoms. The number of hydrogen-bond donors (Lipinski definition) is 2. The zero-order chi connectivity index (χ0) is 14.0. The van der Waals surface area contributed by atoms with Gasteiger partial charge in [-0.3, -0.25) is 4.72 Å². The number of benzene rings is 2. The minimum atomic E-state index is -3.86. The summed E-state index contributed by atoms with van der Waals surface area (Å²) >= 11 is 5.75. The van der Waals surface area contributed by atoms with E-state index in [4.69, 9.17) is 17.3 Å². The van der Waals surface area contributed by atoms with Crippen molar-refractivity contribution in [2.75, 3.05) is 10.5 Å². The summed E-state index contributed by atoms with van der Waals surface area (Å²) in [5, 5.41) is 0.258. The fourth-order valence-electron chi connectivity index (χ4n) is 1.47. The molecule has 0 saturated carbocycles. The van der Waals surface area contributed by atoms with Crippen molar-refractivity contribution in [2.45, 2.75) is 4.90 Å². The van der Waals surface area contributed by atoms with Gasteiger partial charge in [-0.15, -0.1) is 0 Å². The Morgan fingerprint density at radius 2 is 1.74 bits per heavy atom. The van der Waals surface area contributed by atoms with Crippen molar-refractivity contribution < 1.29 is 12.8 Å². The molecule has 7 heteroatoms. The fourth-order valence-corrected chi connectivity index (χ4v) is 2.92. The van der Waals surface area contributed by atoms with Gasteiger partial charge in [-0.25, -0.2) is 12.8 Å². The smallest absolute Gasteiger partial charge is 0.263 e. The minimum Gasteiger partial charge on any atom is -0.398 e. The Kier molecular flexibility index (Phi) is 3.64. The van der Waals surface area contributed by atoms with Gasteiger partial charge in [0.25, 0.3) is 10.0 Å². The average molecular weight is 301 g/mol. The van der Waals surface area contributed by atoms with Crippen molar-refractivity contribution in [1.29, 1.82) is 0 Å². The molecule has 3 N–H and O–H groups in total. The highest BCUT2D eigenvalue weighted by atomic mass is 35.5. The average Bonchev–Trinajstić information content (AvgIpc) is 2.35. The lowest BCUT2D eigenvalue weighted by Crippen LogP contribution is -2.14. The number of rotatable bonds is 3. The molecule has 0 spiro atoms. The number of sulfonamides is 1. The molecular formula is C12H10ClFN2O2S. The zero-order valence-corrected chi connectivity index (χ0v) is 11.2. The van der Waals surface area contributed by atoms with E-state index in [1.807, 2.05) is 0 Å². The number of nitrogens with one attached hydrogen (secondary N) is 1. The van der Waals surface area contributed by atoms with Gasteiger partial charge in [0.05, 0.1) is 5.69 Å². The number of hydrogen-bond acceptors (Lipinski definition) is 3. The number of anilines is 2. The molecule has 2 aromatic rings. The molecule has 0 aromatic heterocycles. The van der Waals surface area contributed by atoms with Crippen LogP contribution in [-0.2, 0) is 10.0 Å². The SMILES string of the molecule is Nc1ccc(Cl)cc1S(=O)(=O)Nc1ccc(F)cc1. The topological polar surface area (TPSA) is 72.2 Å². The molecule has 0 heterocycles. The highest BCUT2D eigenvalue weighted by molar-refractivity contribution is 7.92. The van der Waals surface area contributed by atoms with Crippen molar-refractivity contribution in [2.24, 2.45) is 0 Å². The first-order valence-corrected chi connectivity index (χ1v) is 7.08. The van der Waals surface area contributed by atoms with Gasteiger partial charge in [0.1, 0.15) is 10.7 Å². The summed E-state index contributed by atoms with van der Waals surface area (Å²) in [6.45, 7) is 0. The Balaban J connectivity index is 2.37. The second-order valence-electron chi connectivity index (χ2n) is 3.79. The summed E-state index contributed by atoms with van der Waals surface area (Å²) in [5.74, 6) is -0.454. The molecule has 2 rings (SSSR count). The zero-order valence-electron chi connectivity index (χ0n) is 9.60. The lowest BCUT2D eigenvalue weighted by atomic mass is 10.3. The van der Waals surface area contributed by atoms with E-state index in [9.17, 15) is 12.8 Å². The molecule has 0 radical (unpaired) electrons. The first-order chi connectivity index (χ1) is 8.88. The molecule has 4 nitrogen and oxygen atoms in total. The van der Waals surface area contributed by atoms with Gasteiger partial charge in [-0.2, -0.15) is 0 Å². The quantitative estimate of drug-likeness (QED) is 0.856. The highest BCUT2D eigenvalue weighted by Crippen LogP contribution is 2.24. The first kappa shape index (κ1) is 13.6. The van der Waals surface area contributed by atoms with E-state index < -0.39 is 15.8 Å². The third-order valence-electron chi connectivity index (χ3n) is 2.36. The van der Waals surface area contributed by atoms with Crippen LogP contribution in [0, 0.1) is 5.82 Å². The van der Waals surface area contributed by atoms with E-state index in [0.29, 0.717) is 0 Å². The molecule has 0 unspecified atom stereocenters. The molecule has 0 fully saturated rings. The summed E-state index contributed by atoms with van der Waals surface area (Å²) in [4.78, 5) is -0.121. The van der Waals surface area contributed by atoms with Gasteiger partial charge < -0.3 is 5.73 Å². The van der Waals surface area contributed by atoms with E-state index >= 15 is 0 Å². The Morgan fingerprint density at radius 3 is 2.37 bits per heavy atom. The standard InChI is InChI=1S/C12H10ClFN2O2S/c13-8-1-6-11(15)12(7-8)19(17,18)16-10-4-2-9(14)3-5-10/h1-7,16H,15H2. The van der Waals surface area contributed by atoms with Crippen molar-refractivity contribution in [3.05, 3.63) is 53.3 Å². The van der Waals surface area contributed by atoms with E-state index in [-0.39, 0.29) is 21.3 Å². The molecule has 0 aliphatic rings. The third kappa shape index (κ3) is 3.15. The van der Waals surface area contributed by atoms with E-state index in [1.54, 1.807) is 0 Å². The van der Waals surface area contributed by atoms with Crippen LogP contribution in [0.25, 0.3) is 0 Å². The third-order valence-corrected chi connectivity index (χ3v) is 4.03. The summed E-state index contributed by atoms with van der Waals surface area (Å²) in [6.07, 6.45) is 0. The van der Waals surface area contributed by atoms with Crippen LogP contribution in [0.3, 0.4) is 0 Å². The maximum atomic E-state index is 12.7. The lowest BCUT2D eigenvalue weighted by Gasteiger charge is -2.10. The monoisotopic (exact) mass is 300 g/mol. The van der Waals surface area contributed by atoms with Crippen LogP contribution in [0.2, 0.25) is 5.02 Å². The predicted molar refractivity (Wildman–Crippen MR) is 73.1 cm³/mol. The van der Waals surface area contributed by atoms with Crippen molar-refractivity contribution in [1.82, 2.24) is 0 Å². The molecule has 0 atom stereocenters. The Morgan fingerprint density at radius 1 is 1.11 bits per heavy atom. The van der Waals surface area contributed by atoms with Gasteiger partial charge >= 0.3 is 0 Å². The van der Waals surface area contributed by atoms with Gasteiger partial charge in [0.15, 0.2) is 0 Å². The molecule has 0 aliphatic carbocycles. The molecule has 2 aromatic carbocycles. The Bertz CT molecular complexity index is 702. The maximum absolute atomic E-state index is 12.7. The largest absolute Gasteiger partial charge is 0.398 e. The number of nitrogens with two attached hydrogens (primary N) is 1. The normalized spacial score (nSPS) is 11.3. The number of halogens is 2. The molecule has 0 saturated heterocycles. The molecule has 100 valence electrons. The lowest BCUT2D eigenvalue weighted by molar-refractivity contribution is 0.601. The second-order valence-corrected chi connectivity index (χ2v) is 5.88. The van der Waals surface area contributed by atoms with Crippen LogP contribution in [0.4, 0.5) is 15.8 Å². The molecule has 0 amide bonds. The summed E-state index contributed by atoms with van der Waals surface area (Å²) < 4.78 is 39.3. The van der Waals surface area contributed by atoms with Crippen molar-refractivity contribution in [3.63, 3.8) is 0 Å². The highest BCUT2D eigenvalue weighted by Gasteiger charge is 2.18.